The molecule has 12 atom stereocenters. The molecule has 0 radical (unpaired) electrons. The highest BCUT2D eigenvalue weighted by Gasteiger charge is 2.71. The Bertz CT molecular complexity index is 1540. The van der Waals surface area contributed by atoms with Crippen LogP contribution in [0.3, 0.4) is 0 Å². The lowest BCUT2D eigenvalue weighted by Crippen LogP contribution is -2.66. The number of ether oxygens (including phenoxy) is 5. The number of esters is 1. The standard InChI is InChI=1S/C41H59NO8/c1-13-26-30(46-10)31(47-11)32(48-12)34(49-26)50-35(45)41-18-16-36(2,3)21-23(41)29-25(43)20-28-38(6)22-24(42-9)33(44)37(4,5)27(38)14-15-39(28,7)40(29,8)17-19-41/h20,22-23,26-27,29-32,34H,13-19,21H2,1-8,10-12H3/t23?,26-,27+,29?,30-,31+,32-,34?,38+,39-,40-,41+/m1/s1. The normalized spacial score (nSPS) is 46.2. The van der Waals surface area contributed by atoms with Crippen LogP contribution in [0.4, 0.5) is 0 Å². The highest BCUT2D eigenvalue weighted by Crippen LogP contribution is 2.74. The molecule has 9 nitrogen and oxygen atoms in total. The summed E-state index contributed by atoms with van der Waals surface area (Å²) in [7, 11) is 4.79. The van der Waals surface area contributed by atoms with Crippen LogP contribution in [-0.2, 0) is 38.1 Å². The van der Waals surface area contributed by atoms with E-state index in [9.17, 15) is 14.4 Å². The minimum Gasteiger partial charge on any atom is -0.432 e. The lowest BCUT2D eigenvalue weighted by Gasteiger charge is -2.69. The molecule has 0 spiro atoms. The number of Topliss-reactive ketones (excluding diaryl/α,β-unsaturated/α-hetero) is 1. The number of hydrogen-bond donors (Lipinski definition) is 0. The fraction of sp³-hybridized carbons (Fsp3) is 0.805. The summed E-state index contributed by atoms with van der Waals surface area (Å²) in [4.78, 5) is 46.9. The van der Waals surface area contributed by atoms with Crippen LogP contribution in [0.15, 0.2) is 23.4 Å². The smallest absolute Gasteiger partial charge is 0.314 e. The topological polar surface area (TPSA) is 102 Å². The fourth-order valence-corrected chi connectivity index (χ4v) is 12.3. The van der Waals surface area contributed by atoms with Crippen molar-refractivity contribution < 1.29 is 38.1 Å². The largest absolute Gasteiger partial charge is 0.432 e. The summed E-state index contributed by atoms with van der Waals surface area (Å²) >= 11 is 0. The molecule has 0 aromatic heterocycles. The SMILES string of the molecule is [C-]#[N+]C1=C[C@]2(C)C3=CC(=O)C4C5CC(C)(C)CC[C@]5(C(=O)OC5O[C@H](CC)[C@@H](OC)[C@H](OC)[C@H]5OC)CC[C@@]4(C)[C@]3(C)CC[C@H]2C(C)(C)C1=O. The van der Waals surface area contributed by atoms with Crippen LogP contribution in [-0.4, -0.2) is 69.6 Å². The number of methoxy groups -OCH3 is 3. The van der Waals surface area contributed by atoms with Crippen molar-refractivity contribution in [3.8, 4) is 0 Å². The first-order chi connectivity index (χ1) is 23.4. The van der Waals surface area contributed by atoms with E-state index in [0.717, 1.165) is 31.3 Å². The molecule has 0 bridgehead atoms. The summed E-state index contributed by atoms with van der Waals surface area (Å²) in [6, 6.07) is 0. The maximum atomic E-state index is 14.9. The summed E-state index contributed by atoms with van der Waals surface area (Å²) in [6.45, 7) is 25.0. The van der Waals surface area contributed by atoms with E-state index < -0.39 is 40.2 Å². The van der Waals surface area contributed by atoms with Gasteiger partial charge in [0.1, 0.15) is 18.3 Å². The molecule has 0 aromatic carbocycles. The van der Waals surface area contributed by atoms with Crippen LogP contribution in [0.2, 0.25) is 0 Å². The van der Waals surface area contributed by atoms with E-state index >= 15 is 0 Å². The molecule has 1 heterocycles. The number of fused-ring (bicyclic) bond motifs is 7. The van der Waals surface area contributed by atoms with Gasteiger partial charge in [0.25, 0.3) is 0 Å². The minimum atomic E-state index is -0.978. The number of rotatable bonds is 6. The van der Waals surface area contributed by atoms with E-state index in [4.69, 9.17) is 30.3 Å². The lowest BCUT2D eigenvalue weighted by atomic mass is 9.34. The van der Waals surface area contributed by atoms with Gasteiger partial charge in [-0.2, -0.15) is 0 Å². The second-order valence-corrected chi connectivity index (χ2v) is 18.3. The molecule has 1 aliphatic heterocycles. The number of allylic oxidation sites excluding steroid dienone is 4. The first-order valence-electron chi connectivity index (χ1n) is 18.7. The molecule has 0 aromatic rings. The van der Waals surface area contributed by atoms with Gasteiger partial charge in [-0.15, -0.1) is 0 Å². The predicted octanol–water partition coefficient (Wildman–Crippen LogP) is 7.28. The van der Waals surface area contributed by atoms with Crippen molar-refractivity contribution in [1.29, 1.82) is 0 Å². The monoisotopic (exact) mass is 693 g/mol. The lowest BCUT2D eigenvalue weighted by molar-refractivity contribution is -0.305. The van der Waals surface area contributed by atoms with Gasteiger partial charge in [-0.1, -0.05) is 67.0 Å². The van der Waals surface area contributed by atoms with Crippen LogP contribution in [0.5, 0.6) is 0 Å². The first-order valence-corrected chi connectivity index (χ1v) is 18.7. The molecule has 6 rings (SSSR count). The maximum absolute atomic E-state index is 14.9. The summed E-state index contributed by atoms with van der Waals surface area (Å²) in [5.41, 5.74) is -1.79. The van der Waals surface area contributed by atoms with Crippen molar-refractivity contribution in [1.82, 2.24) is 0 Å². The van der Waals surface area contributed by atoms with E-state index in [-0.39, 0.29) is 64.0 Å². The molecule has 276 valence electrons. The quantitative estimate of drug-likeness (QED) is 0.211. The minimum absolute atomic E-state index is 0.0173. The molecule has 50 heavy (non-hydrogen) atoms. The van der Waals surface area contributed by atoms with Gasteiger partial charge in [0.15, 0.2) is 11.6 Å². The van der Waals surface area contributed by atoms with Crippen LogP contribution >= 0.6 is 0 Å². The van der Waals surface area contributed by atoms with Crippen molar-refractivity contribution in [2.45, 2.75) is 137 Å². The Labute approximate surface area is 299 Å². The van der Waals surface area contributed by atoms with E-state index in [0.29, 0.717) is 25.7 Å². The maximum Gasteiger partial charge on any atom is 0.314 e. The number of carbonyl (C=O) groups is 3. The van der Waals surface area contributed by atoms with Crippen LogP contribution in [0, 0.1) is 56.8 Å². The van der Waals surface area contributed by atoms with Crippen LogP contribution in [0.1, 0.15) is 107 Å². The third-order valence-electron chi connectivity index (χ3n) is 15.3. The number of ketones is 2. The van der Waals surface area contributed by atoms with Crippen molar-refractivity contribution in [2.24, 2.45) is 50.2 Å². The predicted molar refractivity (Wildman–Crippen MR) is 187 cm³/mol. The van der Waals surface area contributed by atoms with E-state index in [1.807, 2.05) is 32.9 Å². The van der Waals surface area contributed by atoms with Crippen molar-refractivity contribution in [3.63, 3.8) is 0 Å². The van der Waals surface area contributed by atoms with Gasteiger partial charge in [0.05, 0.1) is 18.1 Å². The van der Waals surface area contributed by atoms with Crippen molar-refractivity contribution >= 4 is 17.5 Å². The zero-order valence-electron chi connectivity index (χ0n) is 32.1. The zero-order chi connectivity index (χ0) is 36.8. The second-order valence-electron chi connectivity index (χ2n) is 18.3. The highest BCUT2D eigenvalue weighted by molar-refractivity contribution is 6.03. The van der Waals surface area contributed by atoms with Gasteiger partial charge >= 0.3 is 5.97 Å². The highest BCUT2D eigenvalue weighted by atomic mass is 16.7. The summed E-state index contributed by atoms with van der Waals surface area (Å²) in [5.74, 6) is -0.970. The molecule has 3 unspecified atom stereocenters. The molecule has 4 fully saturated rings. The molecule has 6 aliphatic rings. The third-order valence-corrected chi connectivity index (χ3v) is 15.3. The molecule has 5 aliphatic carbocycles. The Kier molecular flexibility index (Phi) is 9.24. The summed E-state index contributed by atoms with van der Waals surface area (Å²) in [6.07, 6.45) is 6.72. The number of hydrogen-bond acceptors (Lipinski definition) is 8. The Morgan fingerprint density at radius 3 is 2.16 bits per heavy atom. The molecule has 0 amide bonds. The van der Waals surface area contributed by atoms with Crippen molar-refractivity contribution in [2.75, 3.05) is 21.3 Å². The van der Waals surface area contributed by atoms with Crippen LogP contribution in [0.25, 0.3) is 4.85 Å². The molecule has 0 N–H and O–H groups in total. The Hall–Kier alpha value is -2.38. The van der Waals surface area contributed by atoms with Crippen molar-refractivity contribution in [3.05, 3.63) is 34.8 Å². The van der Waals surface area contributed by atoms with Gasteiger partial charge < -0.3 is 28.5 Å². The first kappa shape index (κ1) is 37.4. The average Bonchev–Trinajstić information content (AvgIpc) is 3.06. The van der Waals surface area contributed by atoms with Gasteiger partial charge in [0.2, 0.25) is 12.0 Å². The van der Waals surface area contributed by atoms with E-state index in [1.54, 1.807) is 21.3 Å². The van der Waals surface area contributed by atoms with Crippen LogP contribution < -0.4 is 0 Å². The molecular weight excluding hydrogens is 634 g/mol. The molecule has 3 saturated carbocycles. The van der Waals surface area contributed by atoms with Gasteiger partial charge in [0, 0.05) is 38.1 Å². The van der Waals surface area contributed by atoms with E-state index in [1.165, 1.54) is 0 Å². The number of carbonyl (C=O) groups excluding carboxylic acids is 3. The Balaban J connectivity index is 1.41. The zero-order valence-corrected chi connectivity index (χ0v) is 32.1. The Morgan fingerprint density at radius 2 is 1.56 bits per heavy atom. The Morgan fingerprint density at radius 1 is 0.920 bits per heavy atom. The fourth-order valence-electron chi connectivity index (χ4n) is 12.3. The van der Waals surface area contributed by atoms with Gasteiger partial charge in [-0.25, -0.2) is 4.85 Å². The van der Waals surface area contributed by atoms with Gasteiger partial charge in [-0.05, 0) is 85.5 Å². The molecule has 1 saturated heterocycles. The number of nitrogens with zero attached hydrogens (tertiary/aromatic N) is 1. The summed E-state index contributed by atoms with van der Waals surface area (Å²) < 4.78 is 30.3. The van der Waals surface area contributed by atoms with E-state index in [2.05, 4.69) is 39.5 Å². The summed E-state index contributed by atoms with van der Waals surface area (Å²) in [5, 5.41) is 0. The third kappa shape index (κ3) is 5.01. The van der Waals surface area contributed by atoms with Gasteiger partial charge in [-0.3, -0.25) is 9.59 Å². The molecular formula is C41H59NO8. The average molecular weight is 694 g/mol. The second kappa shape index (κ2) is 12.4. The molecule has 9 heteroatoms.